The predicted octanol–water partition coefficient (Wildman–Crippen LogP) is 2.40. The van der Waals surface area contributed by atoms with Crippen LogP contribution in [0.2, 0.25) is 0 Å². The quantitative estimate of drug-likeness (QED) is 0.823. The zero-order valence-electron chi connectivity index (χ0n) is 9.15. The topological polar surface area (TPSA) is 29.5 Å². The van der Waals surface area contributed by atoms with Crippen LogP contribution in [0.25, 0.3) is 0 Å². The highest BCUT2D eigenvalue weighted by atomic mass is 16.5. The Morgan fingerprint density at radius 3 is 2.53 bits per heavy atom. The smallest absolute Gasteiger partial charge is 0.118 e. The molecule has 0 aromatic heterocycles. The van der Waals surface area contributed by atoms with E-state index in [-0.39, 0.29) is 6.10 Å². The van der Waals surface area contributed by atoms with Gasteiger partial charge in [-0.3, -0.25) is 0 Å². The third-order valence-electron chi connectivity index (χ3n) is 3.28. The van der Waals surface area contributed by atoms with E-state index >= 15 is 0 Å². The van der Waals surface area contributed by atoms with Gasteiger partial charge in [-0.25, -0.2) is 0 Å². The lowest BCUT2D eigenvalue weighted by Crippen LogP contribution is -2.15. The number of aliphatic hydroxyl groups excluding tert-OH is 1. The van der Waals surface area contributed by atoms with E-state index < -0.39 is 0 Å². The second-order valence-corrected chi connectivity index (χ2v) is 4.31. The van der Waals surface area contributed by atoms with Gasteiger partial charge < -0.3 is 9.84 Å². The first-order valence-electron chi connectivity index (χ1n) is 5.60. The predicted molar refractivity (Wildman–Crippen MR) is 60.0 cm³/mol. The molecule has 0 amide bonds. The van der Waals surface area contributed by atoms with Gasteiger partial charge in [-0.05, 0) is 42.9 Å². The standard InChI is InChI=1S/C13H18O2/c1-15-12-7-5-10(6-8-12)9-11-3-2-4-13(11)14/h5-8,11,13-14H,2-4,9H2,1H3/t11-,13-/m1/s1. The molecule has 0 heterocycles. The summed E-state index contributed by atoms with van der Waals surface area (Å²) in [5.41, 5.74) is 1.29. The van der Waals surface area contributed by atoms with Crippen molar-refractivity contribution in [1.82, 2.24) is 0 Å². The van der Waals surface area contributed by atoms with Crippen molar-refractivity contribution in [1.29, 1.82) is 0 Å². The Morgan fingerprint density at radius 2 is 2.00 bits per heavy atom. The summed E-state index contributed by atoms with van der Waals surface area (Å²) < 4.78 is 5.11. The minimum absolute atomic E-state index is 0.0906. The Labute approximate surface area is 90.9 Å². The lowest BCUT2D eigenvalue weighted by molar-refractivity contribution is 0.132. The van der Waals surface area contributed by atoms with Crippen molar-refractivity contribution < 1.29 is 9.84 Å². The highest BCUT2D eigenvalue weighted by Gasteiger charge is 2.24. The molecule has 2 nitrogen and oxygen atoms in total. The lowest BCUT2D eigenvalue weighted by atomic mass is 9.96. The number of benzene rings is 1. The fourth-order valence-corrected chi connectivity index (χ4v) is 2.32. The Bertz CT molecular complexity index is 305. The second kappa shape index (κ2) is 4.67. The van der Waals surface area contributed by atoms with Gasteiger partial charge in [0.25, 0.3) is 0 Å². The summed E-state index contributed by atoms with van der Waals surface area (Å²) in [5.74, 6) is 1.35. The number of hydrogen-bond donors (Lipinski definition) is 1. The average molecular weight is 206 g/mol. The molecule has 2 heteroatoms. The highest BCUT2D eigenvalue weighted by molar-refractivity contribution is 5.27. The highest BCUT2D eigenvalue weighted by Crippen LogP contribution is 2.29. The zero-order chi connectivity index (χ0) is 10.7. The maximum Gasteiger partial charge on any atom is 0.118 e. The summed E-state index contributed by atoms with van der Waals surface area (Å²) in [7, 11) is 1.68. The van der Waals surface area contributed by atoms with E-state index in [1.165, 1.54) is 12.0 Å². The Morgan fingerprint density at radius 1 is 1.27 bits per heavy atom. The minimum Gasteiger partial charge on any atom is -0.497 e. The molecular weight excluding hydrogens is 188 g/mol. The van der Waals surface area contributed by atoms with Crippen molar-refractivity contribution in [3.63, 3.8) is 0 Å². The van der Waals surface area contributed by atoms with E-state index in [1.807, 2.05) is 12.1 Å². The molecule has 15 heavy (non-hydrogen) atoms. The number of rotatable bonds is 3. The van der Waals surface area contributed by atoms with E-state index in [1.54, 1.807) is 7.11 Å². The molecule has 1 aromatic rings. The van der Waals surface area contributed by atoms with Crippen molar-refractivity contribution in [2.24, 2.45) is 5.92 Å². The van der Waals surface area contributed by atoms with Crippen LogP contribution in [0.15, 0.2) is 24.3 Å². The van der Waals surface area contributed by atoms with Crippen LogP contribution in [-0.4, -0.2) is 18.3 Å². The van der Waals surface area contributed by atoms with E-state index in [4.69, 9.17) is 4.74 Å². The first-order chi connectivity index (χ1) is 7.29. The van der Waals surface area contributed by atoms with Gasteiger partial charge >= 0.3 is 0 Å². The Hall–Kier alpha value is -1.02. The molecule has 0 aliphatic heterocycles. The summed E-state index contributed by atoms with van der Waals surface area (Å²) in [5, 5.41) is 9.73. The van der Waals surface area contributed by atoms with Gasteiger partial charge in [-0.2, -0.15) is 0 Å². The summed E-state index contributed by atoms with van der Waals surface area (Å²) in [4.78, 5) is 0. The molecule has 2 rings (SSSR count). The minimum atomic E-state index is -0.0906. The molecular formula is C13H18O2. The van der Waals surface area contributed by atoms with E-state index in [0.717, 1.165) is 25.0 Å². The van der Waals surface area contributed by atoms with Crippen molar-refractivity contribution >= 4 is 0 Å². The van der Waals surface area contributed by atoms with Crippen LogP contribution >= 0.6 is 0 Å². The first kappa shape index (κ1) is 10.5. The number of methoxy groups -OCH3 is 1. The fourth-order valence-electron chi connectivity index (χ4n) is 2.32. The molecule has 1 aromatic carbocycles. The van der Waals surface area contributed by atoms with Crippen LogP contribution < -0.4 is 4.74 Å². The molecule has 0 unspecified atom stereocenters. The molecule has 82 valence electrons. The Kier molecular flexibility index (Phi) is 3.27. The second-order valence-electron chi connectivity index (χ2n) is 4.31. The van der Waals surface area contributed by atoms with Crippen LogP contribution in [0.5, 0.6) is 5.75 Å². The maximum atomic E-state index is 9.73. The summed E-state index contributed by atoms with van der Waals surface area (Å²) >= 11 is 0. The molecule has 1 saturated carbocycles. The third kappa shape index (κ3) is 2.51. The molecule has 0 radical (unpaired) electrons. The largest absolute Gasteiger partial charge is 0.497 e. The molecule has 2 atom stereocenters. The van der Waals surface area contributed by atoms with Crippen molar-refractivity contribution in [2.75, 3.05) is 7.11 Å². The van der Waals surface area contributed by atoms with Crippen molar-refractivity contribution in [2.45, 2.75) is 31.8 Å². The van der Waals surface area contributed by atoms with Gasteiger partial charge in [0, 0.05) is 0 Å². The van der Waals surface area contributed by atoms with Crippen molar-refractivity contribution in [3.8, 4) is 5.75 Å². The van der Waals surface area contributed by atoms with Crippen LogP contribution in [0.3, 0.4) is 0 Å². The molecule has 1 aliphatic carbocycles. The molecule has 1 fully saturated rings. The number of aliphatic hydroxyl groups is 1. The lowest BCUT2D eigenvalue weighted by Gasteiger charge is -2.14. The third-order valence-corrected chi connectivity index (χ3v) is 3.28. The summed E-state index contributed by atoms with van der Waals surface area (Å²) in [6.07, 6.45) is 4.20. The number of hydrogen-bond acceptors (Lipinski definition) is 2. The van der Waals surface area contributed by atoms with Gasteiger partial charge in [-0.1, -0.05) is 18.6 Å². The molecule has 0 saturated heterocycles. The summed E-state index contributed by atoms with van der Waals surface area (Å²) in [6, 6.07) is 8.14. The SMILES string of the molecule is COc1ccc(C[C@H]2CCC[C@H]2O)cc1. The van der Waals surface area contributed by atoms with E-state index in [9.17, 15) is 5.11 Å². The summed E-state index contributed by atoms with van der Waals surface area (Å²) in [6.45, 7) is 0. The van der Waals surface area contributed by atoms with Gasteiger partial charge in [0.2, 0.25) is 0 Å². The monoisotopic (exact) mass is 206 g/mol. The van der Waals surface area contributed by atoms with E-state index in [0.29, 0.717) is 5.92 Å². The number of ether oxygens (including phenoxy) is 1. The first-order valence-corrected chi connectivity index (χ1v) is 5.60. The normalized spacial score (nSPS) is 25.5. The van der Waals surface area contributed by atoms with Gasteiger partial charge in [-0.15, -0.1) is 0 Å². The molecule has 1 aliphatic rings. The zero-order valence-corrected chi connectivity index (χ0v) is 9.15. The molecule has 1 N–H and O–H groups in total. The van der Waals surface area contributed by atoms with E-state index in [2.05, 4.69) is 12.1 Å². The van der Waals surface area contributed by atoms with Crippen LogP contribution in [0.4, 0.5) is 0 Å². The average Bonchev–Trinajstić information content (AvgIpc) is 2.66. The van der Waals surface area contributed by atoms with Crippen LogP contribution in [0, 0.1) is 5.92 Å². The van der Waals surface area contributed by atoms with Gasteiger partial charge in [0.1, 0.15) is 5.75 Å². The van der Waals surface area contributed by atoms with Crippen LogP contribution in [-0.2, 0) is 6.42 Å². The van der Waals surface area contributed by atoms with Gasteiger partial charge in [0.05, 0.1) is 13.2 Å². The molecule has 0 bridgehead atoms. The van der Waals surface area contributed by atoms with Crippen LogP contribution in [0.1, 0.15) is 24.8 Å². The molecule has 0 spiro atoms. The van der Waals surface area contributed by atoms with Crippen molar-refractivity contribution in [3.05, 3.63) is 29.8 Å². The fraction of sp³-hybridized carbons (Fsp3) is 0.538. The maximum absolute atomic E-state index is 9.73. The van der Waals surface area contributed by atoms with Gasteiger partial charge in [0.15, 0.2) is 0 Å². The Balaban J connectivity index is 1.98.